The minimum atomic E-state index is -0.122. The summed E-state index contributed by atoms with van der Waals surface area (Å²) in [7, 11) is 0. The highest BCUT2D eigenvalue weighted by Gasteiger charge is 2.09. The van der Waals surface area contributed by atoms with Crippen LogP contribution in [-0.4, -0.2) is 5.91 Å². The van der Waals surface area contributed by atoms with Crippen molar-refractivity contribution in [2.45, 2.75) is 0 Å². The summed E-state index contributed by atoms with van der Waals surface area (Å²) in [5.74, 6) is -0.122. The van der Waals surface area contributed by atoms with E-state index in [9.17, 15) is 4.79 Å². The lowest BCUT2D eigenvalue weighted by Crippen LogP contribution is -2.13. The van der Waals surface area contributed by atoms with Crippen molar-refractivity contribution in [3.8, 4) is 0 Å². The largest absolute Gasteiger partial charge is 0.354 e. The summed E-state index contributed by atoms with van der Waals surface area (Å²) in [6, 6.07) is 25.0. The average Bonchev–Trinajstić information content (AvgIpc) is 2.58. The maximum absolute atomic E-state index is 12.4. The SMILES string of the molecule is O=C(Nc1ccccc1Nc1ccccc1)c1ccc(I)cc1. The van der Waals surface area contributed by atoms with Crippen LogP contribution in [0.15, 0.2) is 78.9 Å². The third-order valence-electron chi connectivity index (χ3n) is 3.33. The normalized spacial score (nSPS) is 10.1. The molecule has 0 aliphatic heterocycles. The Hall–Kier alpha value is -2.34. The second-order valence-electron chi connectivity index (χ2n) is 5.00. The van der Waals surface area contributed by atoms with Gasteiger partial charge >= 0.3 is 0 Å². The Balaban J connectivity index is 1.80. The number of hydrogen-bond acceptors (Lipinski definition) is 2. The van der Waals surface area contributed by atoms with E-state index in [1.165, 1.54) is 0 Å². The number of carbonyl (C=O) groups is 1. The summed E-state index contributed by atoms with van der Waals surface area (Å²) in [5, 5.41) is 6.29. The fourth-order valence-electron chi connectivity index (χ4n) is 2.17. The average molecular weight is 414 g/mol. The lowest BCUT2D eigenvalue weighted by Gasteiger charge is -2.13. The summed E-state index contributed by atoms with van der Waals surface area (Å²) < 4.78 is 1.10. The molecule has 0 aromatic heterocycles. The molecule has 3 aromatic carbocycles. The standard InChI is InChI=1S/C19H15IN2O/c20-15-12-10-14(11-13-15)19(23)22-18-9-5-4-8-17(18)21-16-6-2-1-3-7-16/h1-13,21H,(H,22,23). The van der Waals surface area contributed by atoms with Crippen LogP contribution in [-0.2, 0) is 0 Å². The molecule has 3 rings (SSSR count). The van der Waals surface area contributed by atoms with Gasteiger partial charge in [-0.25, -0.2) is 0 Å². The van der Waals surface area contributed by atoms with Gasteiger partial charge in [0.15, 0.2) is 0 Å². The molecule has 0 bridgehead atoms. The minimum Gasteiger partial charge on any atom is -0.354 e. The molecule has 0 spiro atoms. The van der Waals surface area contributed by atoms with Crippen molar-refractivity contribution >= 4 is 45.6 Å². The quantitative estimate of drug-likeness (QED) is 0.570. The molecule has 3 nitrogen and oxygen atoms in total. The number of nitrogens with one attached hydrogen (secondary N) is 2. The molecule has 0 unspecified atom stereocenters. The first-order valence-corrected chi connectivity index (χ1v) is 8.28. The number of hydrogen-bond donors (Lipinski definition) is 2. The van der Waals surface area contributed by atoms with Crippen LogP contribution in [0.3, 0.4) is 0 Å². The first-order chi connectivity index (χ1) is 11.2. The highest BCUT2D eigenvalue weighted by Crippen LogP contribution is 2.25. The summed E-state index contributed by atoms with van der Waals surface area (Å²) >= 11 is 2.22. The van der Waals surface area contributed by atoms with E-state index in [1.807, 2.05) is 78.9 Å². The van der Waals surface area contributed by atoms with Gasteiger partial charge in [-0.15, -0.1) is 0 Å². The Morgan fingerprint density at radius 3 is 2.04 bits per heavy atom. The highest BCUT2D eigenvalue weighted by molar-refractivity contribution is 14.1. The second kappa shape index (κ2) is 7.28. The number of benzene rings is 3. The molecule has 4 heteroatoms. The fraction of sp³-hybridized carbons (Fsp3) is 0. The fourth-order valence-corrected chi connectivity index (χ4v) is 2.53. The van der Waals surface area contributed by atoms with Crippen LogP contribution in [0.1, 0.15) is 10.4 Å². The van der Waals surface area contributed by atoms with Crippen LogP contribution < -0.4 is 10.6 Å². The van der Waals surface area contributed by atoms with E-state index in [4.69, 9.17) is 0 Å². The Morgan fingerprint density at radius 2 is 1.35 bits per heavy atom. The number of halogens is 1. The maximum Gasteiger partial charge on any atom is 0.255 e. The lowest BCUT2D eigenvalue weighted by atomic mass is 10.2. The van der Waals surface area contributed by atoms with Crippen LogP contribution >= 0.6 is 22.6 Å². The van der Waals surface area contributed by atoms with E-state index in [2.05, 4.69) is 33.2 Å². The molecule has 3 aromatic rings. The van der Waals surface area contributed by atoms with E-state index >= 15 is 0 Å². The van der Waals surface area contributed by atoms with Crippen molar-refractivity contribution in [3.05, 3.63) is 88.0 Å². The third-order valence-corrected chi connectivity index (χ3v) is 4.05. The molecule has 0 saturated carbocycles. The lowest BCUT2D eigenvalue weighted by molar-refractivity contribution is 0.102. The molecule has 0 aliphatic rings. The van der Waals surface area contributed by atoms with Gasteiger partial charge in [0.1, 0.15) is 0 Å². The van der Waals surface area contributed by atoms with Gasteiger partial charge in [-0.3, -0.25) is 4.79 Å². The number of amides is 1. The van der Waals surface area contributed by atoms with Gasteiger partial charge in [0.05, 0.1) is 11.4 Å². The topological polar surface area (TPSA) is 41.1 Å². The molecule has 0 heterocycles. The van der Waals surface area contributed by atoms with Crippen molar-refractivity contribution in [3.63, 3.8) is 0 Å². The molecule has 0 fully saturated rings. The van der Waals surface area contributed by atoms with E-state index in [0.29, 0.717) is 5.56 Å². The van der Waals surface area contributed by atoms with Gasteiger partial charge in [0.25, 0.3) is 5.91 Å². The summed E-state index contributed by atoms with van der Waals surface area (Å²) in [6.45, 7) is 0. The van der Waals surface area contributed by atoms with Crippen LogP contribution in [0, 0.1) is 3.57 Å². The van der Waals surface area contributed by atoms with Gasteiger partial charge in [0.2, 0.25) is 0 Å². The number of para-hydroxylation sites is 3. The van der Waals surface area contributed by atoms with Crippen LogP contribution in [0.25, 0.3) is 0 Å². The smallest absolute Gasteiger partial charge is 0.255 e. The Labute approximate surface area is 148 Å². The zero-order chi connectivity index (χ0) is 16.1. The predicted molar refractivity (Wildman–Crippen MR) is 103 cm³/mol. The van der Waals surface area contributed by atoms with Gasteiger partial charge in [0, 0.05) is 14.8 Å². The van der Waals surface area contributed by atoms with E-state index < -0.39 is 0 Å². The van der Waals surface area contributed by atoms with Crippen LogP contribution in [0.5, 0.6) is 0 Å². The van der Waals surface area contributed by atoms with Gasteiger partial charge in [-0.05, 0) is 71.1 Å². The molecule has 0 atom stereocenters. The van der Waals surface area contributed by atoms with Crippen molar-refractivity contribution in [1.82, 2.24) is 0 Å². The molecule has 1 amide bonds. The highest BCUT2D eigenvalue weighted by atomic mass is 127. The molecule has 23 heavy (non-hydrogen) atoms. The zero-order valence-corrected chi connectivity index (χ0v) is 14.4. The molecular weight excluding hydrogens is 399 g/mol. The van der Waals surface area contributed by atoms with Gasteiger partial charge in [-0.2, -0.15) is 0 Å². The maximum atomic E-state index is 12.4. The molecule has 114 valence electrons. The zero-order valence-electron chi connectivity index (χ0n) is 12.3. The number of anilines is 3. The van der Waals surface area contributed by atoms with Crippen molar-refractivity contribution in [1.29, 1.82) is 0 Å². The first kappa shape index (κ1) is 15.6. The Morgan fingerprint density at radius 1 is 0.739 bits per heavy atom. The molecule has 0 aliphatic carbocycles. The van der Waals surface area contributed by atoms with E-state index in [1.54, 1.807) is 0 Å². The van der Waals surface area contributed by atoms with E-state index in [0.717, 1.165) is 20.6 Å². The van der Waals surface area contributed by atoms with Gasteiger partial charge < -0.3 is 10.6 Å². The molecule has 0 radical (unpaired) electrons. The summed E-state index contributed by atoms with van der Waals surface area (Å²) in [6.07, 6.45) is 0. The molecule has 2 N–H and O–H groups in total. The monoisotopic (exact) mass is 414 g/mol. The summed E-state index contributed by atoms with van der Waals surface area (Å²) in [4.78, 5) is 12.4. The molecular formula is C19H15IN2O. The summed E-state index contributed by atoms with van der Waals surface area (Å²) in [5.41, 5.74) is 3.22. The number of carbonyl (C=O) groups excluding carboxylic acids is 1. The van der Waals surface area contributed by atoms with Crippen molar-refractivity contribution in [2.75, 3.05) is 10.6 Å². The molecule has 0 saturated heterocycles. The third kappa shape index (κ3) is 4.10. The van der Waals surface area contributed by atoms with Gasteiger partial charge in [-0.1, -0.05) is 30.3 Å². The van der Waals surface area contributed by atoms with Crippen molar-refractivity contribution < 1.29 is 4.79 Å². The second-order valence-corrected chi connectivity index (χ2v) is 6.24. The minimum absolute atomic E-state index is 0.122. The Bertz CT molecular complexity index is 801. The van der Waals surface area contributed by atoms with Crippen LogP contribution in [0.2, 0.25) is 0 Å². The van der Waals surface area contributed by atoms with Crippen molar-refractivity contribution in [2.24, 2.45) is 0 Å². The first-order valence-electron chi connectivity index (χ1n) is 7.20. The van der Waals surface area contributed by atoms with E-state index in [-0.39, 0.29) is 5.91 Å². The number of rotatable bonds is 4. The predicted octanol–water partition coefficient (Wildman–Crippen LogP) is 5.29. The Kier molecular flexibility index (Phi) is 4.92. The van der Waals surface area contributed by atoms with Crippen LogP contribution in [0.4, 0.5) is 17.1 Å².